The van der Waals surface area contributed by atoms with E-state index in [4.69, 9.17) is 32.7 Å². The molecule has 0 unspecified atom stereocenters. The summed E-state index contributed by atoms with van der Waals surface area (Å²) in [6.07, 6.45) is 1.57. The molecule has 1 aliphatic heterocycles. The van der Waals surface area contributed by atoms with E-state index in [9.17, 15) is 14.4 Å². The number of amides is 3. The second-order valence-corrected chi connectivity index (χ2v) is 10.9. The molecule has 0 aliphatic carbocycles. The molecule has 38 heavy (non-hydrogen) atoms. The van der Waals surface area contributed by atoms with Crippen LogP contribution in [0.4, 0.5) is 10.5 Å². The fourth-order valence-electron chi connectivity index (χ4n) is 3.39. The molecule has 1 N–H and O–H groups in total. The number of carbonyl (C=O) groups is 3. The zero-order valence-corrected chi connectivity index (χ0v) is 23.9. The van der Waals surface area contributed by atoms with Crippen molar-refractivity contribution < 1.29 is 23.9 Å². The maximum absolute atomic E-state index is 12.9. The highest BCUT2D eigenvalue weighted by Gasteiger charge is 2.35. The summed E-state index contributed by atoms with van der Waals surface area (Å²) >= 11 is 16.2. The van der Waals surface area contributed by atoms with Gasteiger partial charge in [-0.1, -0.05) is 45.2 Å². The number of anilines is 1. The average molecular weight is 636 g/mol. The number of benzene rings is 3. The Morgan fingerprint density at radius 1 is 1.05 bits per heavy atom. The molecule has 0 atom stereocenters. The lowest BCUT2D eigenvalue weighted by Gasteiger charge is -2.13. The lowest BCUT2D eigenvalue weighted by atomic mass is 10.2. The van der Waals surface area contributed by atoms with Crippen LogP contribution in [0.3, 0.4) is 0 Å². The van der Waals surface area contributed by atoms with E-state index in [1.807, 2.05) is 13.0 Å². The van der Waals surface area contributed by atoms with E-state index < -0.39 is 11.1 Å². The van der Waals surface area contributed by atoms with Crippen molar-refractivity contribution in [2.24, 2.45) is 0 Å². The number of halogens is 3. The van der Waals surface area contributed by atoms with Crippen LogP contribution in [0.2, 0.25) is 10.0 Å². The molecule has 1 aliphatic rings. The van der Waals surface area contributed by atoms with Crippen molar-refractivity contribution in [3.8, 4) is 11.5 Å². The Morgan fingerprint density at radius 3 is 2.55 bits per heavy atom. The number of ether oxygens (including phenoxy) is 2. The van der Waals surface area contributed by atoms with Crippen molar-refractivity contribution in [2.75, 3.05) is 25.1 Å². The number of hydrogen-bond acceptors (Lipinski definition) is 6. The maximum atomic E-state index is 12.9. The van der Waals surface area contributed by atoms with Gasteiger partial charge in [0, 0.05) is 25.8 Å². The van der Waals surface area contributed by atoms with Crippen molar-refractivity contribution in [3.63, 3.8) is 0 Å². The monoisotopic (exact) mass is 634 g/mol. The number of aryl methyl sites for hydroxylation is 1. The third-order valence-corrected chi connectivity index (χ3v) is 7.40. The summed E-state index contributed by atoms with van der Waals surface area (Å²) in [4.78, 5) is 39.2. The van der Waals surface area contributed by atoms with Crippen LogP contribution in [0.1, 0.15) is 11.1 Å². The zero-order valence-electron chi connectivity index (χ0n) is 20.0. The molecule has 7 nitrogen and oxygen atoms in total. The third kappa shape index (κ3) is 7.32. The van der Waals surface area contributed by atoms with Crippen LogP contribution in [0.15, 0.2) is 70.0 Å². The molecule has 4 rings (SSSR count). The third-order valence-electron chi connectivity index (χ3n) is 5.34. The van der Waals surface area contributed by atoms with Crippen LogP contribution in [0, 0.1) is 6.92 Å². The van der Waals surface area contributed by atoms with Crippen molar-refractivity contribution in [1.29, 1.82) is 0 Å². The van der Waals surface area contributed by atoms with Crippen molar-refractivity contribution in [1.82, 2.24) is 4.90 Å². The van der Waals surface area contributed by atoms with E-state index >= 15 is 0 Å². The molecule has 3 aromatic carbocycles. The Morgan fingerprint density at radius 2 is 1.82 bits per heavy atom. The topological polar surface area (TPSA) is 84.9 Å². The van der Waals surface area contributed by atoms with E-state index in [-0.39, 0.29) is 30.6 Å². The number of thioether (sulfide) groups is 1. The van der Waals surface area contributed by atoms with Crippen LogP contribution in [0.25, 0.3) is 6.08 Å². The average Bonchev–Trinajstić information content (AvgIpc) is 3.14. The predicted octanol–water partition coefficient (Wildman–Crippen LogP) is 7.20. The molecule has 1 heterocycles. The van der Waals surface area contributed by atoms with Gasteiger partial charge in [0.15, 0.2) is 6.61 Å². The highest BCUT2D eigenvalue weighted by molar-refractivity contribution is 9.10. The number of rotatable bonds is 9. The molecule has 196 valence electrons. The number of hydrogen-bond donors (Lipinski definition) is 1. The van der Waals surface area contributed by atoms with Crippen LogP contribution in [-0.2, 0) is 9.59 Å². The molecular formula is C27H21BrCl2N2O5S. The fourth-order valence-corrected chi connectivity index (χ4v) is 4.94. The molecule has 0 bridgehead atoms. The highest BCUT2D eigenvalue weighted by atomic mass is 79.9. The Balaban J connectivity index is 1.39. The molecule has 3 aromatic rings. The summed E-state index contributed by atoms with van der Waals surface area (Å²) < 4.78 is 12.1. The van der Waals surface area contributed by atoms with Crippen LogP contribution in [0.5, 0.6) is 11.5 Å². The molecule has 0 spiro atoms. The molecule has 3 amide bonds. The first-order chi connectivity index (χ1) is 18.2. The summed E-state index contributed by atoms with van der Waals surface area (Å²) in [6, 6.07) is 17.2. The van der Waals surface area contributed by atoms with Gasteiger partial charge in [0.25, 0.3) is 17.1 Å². The lowest BCUT2D eigenvalue weighted by molar-refractivity contribution is -0.123. The number of nitrogens with zero attached hydrogens (tertiary/aromatic N) is 1. The normalized spacial score (nSPS) is 14.2. The lowest BCUT2D eigenvalue weighted by Crippen LogP contribution is -2.32. The summed E-state index contributed by atoms with van der Waals surface area (Å²) in [5.41, 5.74) is 1.99. The summed E-state index contributed by atoms with van der Waals surface area (Å²) in [6.45, 7) is 1.84. The van der Waals surface area contributed by atoms with E-state index in [2.05, 4.69) is 21.2 Å². The summed E-state index contributed by atoms with van der Waals surface area (Å²) in [5.74, 6) is 0.157. The van der Waals surface area contributed by atoms with Crippen LogP contribution in [-0.4, -0.2) is 41.7 Å². The van der Waals surface area contributed by atoms with Crippen molar-refractivity contribution in [2.45, 2.75) is 6.92 Å². The SMILES string of the molecule is Cc1ccc(NC(=O)COc2ccc(Br)cc2/C=C2\SC(=O)N(CCOc3ccc(Cl)cc3)C2=O)cc1Cl. The second-order valence-electron chi connectivity index (χ2n) is 8.12. The van der Waals surface area contributed by atoms with E-state index in [0.29, 0.717) is 32.8 Å². The second kappa shape index (κ2) is 12.7. The smallest absolute Gasteiger partial charge is 0.293 e. The molecule has 1 saturated heterocycles. The quantitative estimate of drug-likeness (QED) is 0.250. The number of nitrogens with one attached hydrogen (secondary N) is 1. The van der Waals surface area contributed by atoms with Crippen LogP contribution < -0.4 is 14.8 Å². The molecule has 11 heteroatoms. The summed E-state index contributed by atoms with van der Waals surface area (Å²) in [7, 11) is 0. The Hall–Kier alpha value is -2.98. The van der Waals surface area contributed by atoms with Gasteiger partial charge in [-0.15, -0.1) is 0 Å². The van der Waals surface area contributed by atoms with E-state index in [1.54, 1.807) is 60.7 Å². The Bertz CT molecular complexity index is 1420. The minimum absolute atomic E-state index is 0.0929. The maximum Gasteiger partial charge on any atom is 0.293 e. The predicted molar refractivity (Wildman–Crippen MR) is 154 cm³/mol. The first-order valence-corrected chi connectivity index (χ1v) is 13.7. The van der Waals surface area contributed by atoms with Gasteiger partial charge in [-0.2, -0.15) is 0 Å². The van der Waals surface area contributed by atoms with Crippen molar-refractivity contribution >= 4 is 79.7 Å². The van der Waals surface area contributed by atoms with Crippen LogP contribution >= 0.6 is 50.9 Å². The number of carbonyl (C=O) groups excluding carboxylic acids is 3. The van der Waals surface area contributed by atoms with Gasteiger partial charge in [-0.05, 0) is 84.9 Å². The summed E-state index contributed by atoms with van der Waals surface area (Å²) in [5, 5.41) is 3.47. The first-order valence-electron chi connectivity index (χ1n) is 11.3. The minimum atomic E-state index is -0.431. The standard InChI is InChI=1S/C27H21BrCl2N2O5S/c1-16-2-6-20(14-22(16)30)31-25(33)15-37-23-9-3-18(28)12-17(23)13-24-26(34)32(27(35)38-24)10-11-36-21-7-4-19(29)5-8-21/h2-9,12-14H,10-11,15H2,1H3,(H,31,33)/b24-13-. The van der Waals surface area contributed by atoms with E-state index in [1.165, 1.54) is 0 Å². The minimum Gasteiger partial charge on any atom is -0.492 e. The van der Waals surface area contributed by atoms with Gasteiger partial charge in [-0.25, -0.2) is 0 Å². The Kier molecular flexibility index (Phi) is 9.38. The molecule has 0 saturated carbocycles. The first kappa shape index (κ1) is 28.0. The van der Waals surface area contributed by atoms with Gasteiger partial charge in [0.2, 0.25) is 0 Å². The van der Waals surface area contributed by atoms with Gasteiger partial charge in [-0.3, -0.25) is 19.3 Å². The fraction of sp³-hybridized carbons (Fsp3) is 0.148. The van der Waals surface area contributed by atoms with Gasteiger partial charge in [0.1, 0.15) is 18.1 Å². The van der Waals surface area contributed by atoms with Gasteiger partial charge in [0.05, 0.1) is 11.4 Å². The highest BCUT2D eigenvalue weighted by Crippen LogP contribution is 2.35. The number of imide groups is 1. The van der Waals surface area contributed by atoms with Crippen molar-refractivity contribution in [3.05, 3.63) is 91.2 Å². The zero-order chi connectivity index (χ0) is 27.2. The van der Waals surface area contributed by atoms with Gasteiger partial charge >= 0.3 is 0 Å². The Labute approximate surface area is 242 Å². The molecule has 0 aromatic heterocycles. The molecule has 0 radical (unpaired) electrons. The largest absolute Gasteiger partial charge is 0.492 e. The molecule has 1 fully saturated rings. The molecular weight excluding hydrogens is 615 g/mol. The van der Waals surface area contributed by atoms with Gasteiger partial charge < -0.3 is 14.8 Å². The van der Waals surface area contributed by atoms with E-state index in [0.717, 1.165) is 26.7 Å².